The number of fused-ring (bicyclic) bond motifs is 5. The number of anilines is 1. The van der Waals surface area contributed by atoms with Crippen LogP contribution in [-0.2, 0) is 4.79 Å². The van der Waals surface area contributed by atoms with Gasteiger partial charge in [-0.25, -0.2) is 4.39 Å². The van der Waals surface area contributed by atoms with Crippen molar-refractivity contribution < 1.29 is 14.3 Å². The quantitative estimate of drug-likeness (QED) is 0.455. The number of carbonyl (C=O) groups excluding carboxylic acids is 1. The molecule has 0 aliphatic heterocycles. The average Bonchev–Trinajstić information content (AvgIpc) is 3.20. The predicted molar refractivity (Wildman–Crippen MR) is 144 cm³/mol. The van der Waals surface area contributed by atoms with Crippen molar-refractivity contribution in [1.82, 2.24) is 0 Å². The van der Waals surface area contributed by atoms with Crippen LogP contribution in [0.5, 0.6) is 0 Å². The molecule has 0 saturated heterocycles. The van der Waals surface area contributed by atoms with Crippen LogP contribution >= 0.6 is 0 Å². The summed E-state index contributed by atoms with van der Waals surface area (Å²) in [7, 11) is 1.70. The minimum Gasteiger partial charge on any atom is -0.393 e. The average molecular weight is 498 g/mol. The van der Waals surface area contributed by atoms with Crippen LogP contribution in [0, 0.1) is 51.7 Å². The Morgan fingerprint density at radius 1 is 1.06 bits per heavy atom. The topological polar surface area (TPSA) is 40.5 Å². The van der Waals surface area contributed by atoms with E-state index in [1.165, 1.54) is 55.9 Å². The summed E-state index contributed by atoms with van der Waals surface area (Å²) >= 11 is 0. The number of carbonyl (C=O) groups is 1. The second kappa shape index (κ2) is 9.40. The molecule has 0 unspecified atom stereocenters. The third-order valence-electron chi connectivity index (χ3n) is 12.5. The Labute approximate surface area is 218 Å². The summed E-state index contributed by atoms with van der Waals surface area (Å²) in [6.45, 7) is 10.00. The van der Waals surface area contributed by atoms with Crippen molar-refractivity contribution in [2.45, 2.75) is 104 Å². The lowest BCUT2D eigenvalue weighted by atomic mass is 9.40. The zero-order valence-corrected chi connectivity index (χ0v) is 23.2. The Morgan fingerprint density at radius 2 is 1.81 bits per heavy atom. The van der Waals surface area contributed by atoms with Gasteiger partial charge in [-0.3, -0.25) is 4.79 Å². The van der Waals surface area contributed by atoms with E-state index in [-0.39, 0.29) is 23.2 Å². The fraction of sp³-hybridized carbons (Fsp3) is 0.781. The SMILES string of the molecule is C[C@H](CCC(=O)N(C)c1ccccc1F)[C@H]1CC[C@H]2[C@@H]3CC[C@@]4(C)C[C@@H](O)CC[C@]4(C)[C@H]3CC[C@]12C. The molecule has 1 aromatic carbocycles. The van der Waals surface area contributed by atoms with E-state index < -0.39 is 0 Å². The first-order chi connectivity index (χ1) is 17.0. The molecule has 0 aromatic heterocycles. The number of nitrogens with zero attached hydrogens (tertiary/aromatic N) is 1. The summed E-state index contributed by atoms with van der Waals surface area (Å²) in [5, 5.41) is 10.5. The number of hydrogen-bond donors (Lipinski definition) is 1. The normalized spacial score (nSPS) is 42.7. The van der Waals surface area contributed by atoms with Gasteiger partial charge in [-0.2, -0.15) is 0 Å². The fourth-order valence-corrected chi connectivity index (χ4v) is 10.2. The monoisotopic (exact) mass is 497 g/mol. The summed E-state index contributed by atoms with van der Waals surface area (Å²) < 4.78 is 14.2. The summed E-state index contributed by atoms with van der Waals surface area (Å²) in [4.78, 5) is 14.4. The van der Waals surface area contributed by atoms with Crippen LogP contribution in [-0.4, -0.2) is 24.2 Å². The Morgan fingerprint density at radius 3 is 2.56 bits per heavy atom. The minimum atomic E-state index is -0.339. The van der Waals surface area contributed by atoms with Crippen LogP contribution in [0.1, 0.15) is 98.3 Å². The fourth-order valence-electron chi connectivity index (χ4n) is 10.2. The first-order valence-electron chi connectivity index (χ1n) is 14.7. The molecule has 1 N–H and O–H groups in total. The standard InChI is InChI=1S/C32H48FNO2/c1-21(10-13-29(36)34(5)28-9-7-6-8-27(28)33)24-11-12-25-23-15-17-30(2)20-22(35)14-19-32(30,4)26(23)16-18-31(24,25)3/h6-9,21-26,35H,10-20H2,1-5H3/t21-,22+,23+,24-,25+,26+,30+,31-,32-/m1/s1. The summed E-state index contributed by atoms with van der Waals surface area (Å²) in [6, 6.07) is 6.54. The van der Waals surface area contributed by atoms with Crippen molar-refractivity contribution >= 4 is 11.6 Å². The van der Waals surface area contributed by atoms with Crippen LogP contribution in [0.4, 0.5) is 10.1 Å². The van der Waals surface area contributed by atoms with E-state index in [1.54, 1.807) is 25.2 Å². The van der Waals surface area contributed by atoms with E-state index >= 15 is 0 Å². The number of aliphatic hydroxyl groups is 1. The minimum absolute atomic E-state index is 0.00864. The molecule has 1 amide bonds. The molecule has 4 fully saturated rings. The number of halogens is 1. The molecule has 0 bridgehead atoms. The van der Waals surface area contributed by atoms with Gasteiger partial charge in [0.25, 0.3) is 0 Å². The molecule has 0 spiro atoms. The number of amides is 1. The van der Waals surface area contributed by atoms with E-state index in [2.05, 4.69) is 27.7 Å². The molecule has 4 heteroatoms. The lowest BCUT2D eigenvalue weighted by Gasteiger charge is -2.65. The molecule has 4 saturated carbocycles. The van der Waals surface area contributed by atoms with Gasteiger partial charge in [-0.1, -0.05) is 39.8 Å². The van der Waals surface area contributed by atoms with Crippen LogP contribution in [0.25, 0.3) is 0 Å². The second-order valence-corrected chi connectivity index (χ2v) is 13.9. The van der Waals surface area contributed by atoms with Crippen molar-refractivity contribution in [2.24, 2.45) is 45.8 Å². The van der Waals surface area contributed by atoms with Gasteiger partial charge in [0.1, 0.15) is 5.82 Å². The lowest BCUT2D eigenvalue weighted by Crippen LogP contribution is -2.58. The molecule has 0 radical (unpaired) electrons. The smallest absolute Gasteiger partial charge is 0.226 e. The van der Waals surface area contributed by atoms with Gasteiger partial charge in [0.2, 0.25) is 5.91 Å². The zero-order chi connectivity index (χ0) is 25.9. The molecule has 5 rings (SSSR count). The molecule has 36 heavy (non-hydrogen) atoms. The van der Waals surface area contributed by atoms with E-state index in [1.807, 2.05) is 0 Å². The number of hydrogen-bond acceptors (Lipinski definition) is 2. The molecule has 1 aromatic rings. The molecule has 200 valence electrons. The largest absolute Gasteiger partial charge is 0.393 e. The highest BCUT2D eigenvalue weighted by Gasteiger charge is 2.63. The molecule has 0 heterocycles. The van der Waals surface area contributed by atoms with Crippen LogP contribution in [0.15, 0.2) is 24.3 Å². The highest BCUT2D eigenvalue weighted by Crippen LogP contribution is 2.71. The second-order valence-electron chi connectivity index (χ2n) is 13.9. The van der Waals surface area contributed by atoms with Crippen LogP contribution in [0.2, 0.25) is 0 Å². The van der Waals surface area contributed by atoms with Crippen molar-refractivity contribution in [2.75, 3.05) is 11.9 Å². The third kappa shape index (κ3) is 4.05. The van der Waals surface area contributed by atoms with Gasteiger partial charge >= 0.3 is 0 Å². The summed E-state index contributed by atoms with van der Waals surface area (Å²) in [5.74, 6) is 3.26. The van der Waals surface area contributed by atoms with Gasteiger partial charge in [-0.15, -0.1) is 0 Å². The van der Waals surface area contributed by atoms with Crippen molar-refractivity contribution in [3.8, 4) is 0 Å². The van der Waals surface area contributed by atoms with Crippen molar-refractivity contribution in [3.05, 3.63) is 30.1 Å². The van der Waals surface area contributed by atoms with Gasteiger partial charge in [0.15, 0.2) is 0 Å². The van der Waals surface area contributed by atoms with Crippen LogP contribution < -0.4 is 4.90 Å². The highest BCUT2D eigenvalue weighted by molar-refractivity contribution is 5.92. The van der Waals surface area contributed by atoms with E-state index in [9.17, 15) is 14.3 Å². The first kappa shape index (κ1) is 26.2. The number of aliphatic hydroxyl groups excluding tert-OH is 1. The van der Waals surface area contributed by atoms with E-state index in [4.69, 9.17) is 0 Å². The number of benzene rings is 1. The van der Waals surface area contributed by atoms with Gasteiger partial charge in [0.05, 0.1) is 11.8 Å². The third-order valence-corrected chi connectivity index (χ3v) is 12.5. The van der Waals surface area contributed by atoms with Gasteiger partial charge < -0.3 is 10.0 Å². The Bertz CT molecular complexity index is 981. The van der Waals surface area contributed by atoms with Crippen LogP contribution in [0.3, 0.4) is 0 Å². The highest BCUT2D eigenvalue weighted by atomic mass is 19.1. The molecular formula is C32H48FNO2. The summed E-state index contributed by atoms with van der Waals surface area (Å²) in [6.07, 6.45) is 12.3. The van der Waals surface area contributed by atoms with Crippen molar-refractivity contribution in [3.63, 3.8) is 0 Å². The van der Waals surface area contributed by atoms with E-state index in [0.29, 0.717) is 34.8 Å². The summed E-state index contributed by atoms with van der Waals surface area (Å²) in [5.41, 5.74) is 1.40. The van der Waals surface area contributed by atoms with E-state index in [0.717, 1.165) is 37.0 Å². The Hall–Kier alpha value is -1.42. The lowest BCUT2D eigenvalue weighted by molar-refractivity contribution is -0.171. The molecule has 4 aliphatic carbocycles. The van der Waals surface area contributed by atoms with Crippen molar-refractivity contribution in [1.29, 1.82) is 0 Å². The first-order valence-corrected chi connectivity index (χ1v) is 14.7. The predicted octanol–water partition coefficient (Wildman–Crippen LogP) is 7.61. The zero-order valence-electron chi connectivity index (χ0n) is 23.2. The number of rotatable bonds is 5. The maximum absolute atomic E-state index is 14.2. The maximum Gasteiger partial charge on any atom is 0.226 e. The molecule has 9 atom stereocenters. The molecule has 3 nitrogen and oxygen atoms in total. The maximum atomic E-state index is 14.2. The Kier molecular flexibility index (Phi) is 6.84. The molecular weight excluding hydrogens is 449 g/mol. The number of para-hydroxylation sites is 1. The molecule has 4 aliphatic rings. The Balaban J connectivity index is 1.25. The van der Waals surface area contributed by atoms with Gasteiger partial charge in [0, 0.05) is 13.5 Å². The van der Waals surface area contributed by atoms with Gasteiger partial charge in [-0.05, 0) is 122 Å².